The van der Waals surface area contributed by atoms with Crippen LogP contribution in [0.1, 0.15) is 25.8 Å². The van der Waals surface area contributed by atoms with Crippen LogP contribution < -0.4 is 5.32 Å². The van der Waals surface area contributed by atoms with Crippen LogP contribution in [0.5, 0.6) is 0 Å². The van der Waals surface area contributed by atoms with E-state index in [1.807, 2.05) is 12.1 Å². The van der Waals surface area contributed by atoms with E-state index in [1.165, 1.54) is 0 Å². The van der Waals surface area contributed by atoms with Crippen LogP contribution in [0.3, 0.4) is 0 Å². The smallest absolute Gasteiger partial charge is 0.0622 e. The van der Waals surface area contributed by atoms with Gasteiger partial charge in [-0.1, -0.05) is 43.1 Å². The summed E-state index contributed by atoms with van der Waals surface area (Å²) >= 11 is 12.1. The molecule has 0 spiro atoms. The van der Waals surface area contributed by atoms with Gasteiger partial charge in [0, 0.05) is 22.7 Å². The van der Waals surface area contributed by atoms with Crippen molar-refractivity contribution in [1.29, 1.82) is 0 Å². The van der Waals surface area contributed by atoms with Gasteiger partial charge in [0.1, 0.15) is 0 Å². The molecule has 0 saturated heterocycles. The SMILES string of the molecule is CCCOCC(Cc1ccc(Cl)cc1Cl)NCC. The van der Waals surface area contributed by atoms with Crippen LogP contribution in [0, 0.1) is 0 Å². The summed E-state index contributed by atoms with van der Waals surface area (Å²) in [4.78, 5) is 0. The Balaban J connectivity index is 2.58. The Morgan fingerprint density at radius 1 is 1.28 bits per heavy atom. The molecule has 0 aliphatic rings. The molecule has 0 aliphatic carbocycles. The summed E-state index contributed by atoms with van der Waals surface area (Å²) in [6, 6.07) is 5.93. The van der Waals surface area contributed by atoms with Gasteiger partial charge in [0.15, 0.2) is 0 Å². The summed E-state index contributed by atoms with van der Waals surface area (Å²) in [5, 5.41) is 4.81. The fourth-order valence-electron chi connectivity index (χ4n) is 1.80. The highest BCUT2D eigenvalue weighted by Gasteiger charge is 2.11. The van der Waals surface area contributed by atoms with Gasteiger partial charge in [-0.2, -0.15) is 0 Å². The van der Waals surface area contributed by atoms with Crippen molar-refractivity contribution in [2.75, 3.05) is 19.8 Å². The van der Waals surface area contributed by atoms with Crippen molar-refractivity contribution in [3.05, 3.63) is 33.8 Å². The third-order valence-electron chi connectivity index (χ3n) is 2.64. The second-order valence-corrected chi connectivity index (χ2v) is 5.11. The standard InChI is InChI=1S/C14H21Cl2NO/c1-3-7-18-10-13(17-4-2)8-11-5-6-12(15)9-14(11)16/h5-6,9,13,17H,3-4,7-8,10H2,1-2H3. The molecule has 0 bridgehead atoms. The summed E-state index contributed by atoms with van der Waals surface area (Å²) in [5.41, 5.74) is 1.10. The second-order valence-electron chi connectivity index (χ2n) is 4.27. The molecule has 0 amide bonds. The highest BCUT2D eigenvalue weighted by Crippen LogP contribution is 2.22. The predicted octanol–water partition coefficient (Wildman–Crippen LogP) is 3.94. The van der Waals surface area contributed by atoms with Crippen molar-refractivity contribution in [3.63, 3.8) is 0 Å². The molecule has 1 aromatic carbocycles. The number of halogens is 2. The molecule has 1 aromatic rings. The second kappa shape index (κ2) is 8.76. The molecule has 4 heteroatoms. The predicted molar refractivity (Wildman–Crippen MR) is 78.7 cm³/mol. The molecule has 0 fully saturated rings. The minimum Gasteiger partial charge on any atom is -0.380 e. The Kier molecular flexibility index (Phi) is 7.68. The summed E-state index contributed by atoms with van der Waals surface area (Å²) in [6.07, 6.45) is 1.90. The van der Waals surface area contributed by atoms with Gasteiger partial charge in [0.05, 0.1) is 6.61 Å². The van der Waals surface area contributed by atoms with E-state index >= 15 is 0 Å². The first kappa shape index (κ1) is 15.8. The van der Waals surface area contributed by atoms with Crippen molar-refractivity contribution in [2.24, 2.45) is 0 Å². The molecule has 0 radical (unpaired) electrons. The van der Waals surface area contributed by atoms with Gasteiger partial charge >= 0.3 is 0 Å². The molecule has 1 rings (SSSR count). The van der Waals surface area contributed by atoms with Crippen LogP contribution in [0.2, 0.25) is 10.0 Å². The summed E-state index contributed by atoms with van der Waals surface area (Å²) in [5.74, 6) is 0. The van der Waals surface area contributed by atoms with E-state index in [1.54, 1.807) is 6.07 Å². The monoisotopic (exact) mass is 289 g/mol. The van der Waals surface area contributed by atoms with E-state index in [0.29, 0.717) is 17.7 Å². The number of hydrogen-bond acceptors (Lipinski definition) is 2. The van der Waals surface area contributed by atoms with Gasteiger partial charge in [-0.05, 0) is 37.1 Å². The molecule has 1 atom stereocenters. The number of likely N-dealkylation sites (N-methyl/N-ethyl adjacent to an activating group) is 1. The van der Waals surface area contributed by atoms with Crippen LogP contribution in [0.25, 0.3) is 0 Å². The zero-order chi connectivity index (χ0) is 13.4. The van der Waals surface area contributed by atoms with Crippen LogP contribution in [-0.2, 0) is 11.2 Å². The maximum Gasteiger partial charge on any atom is 0.0622 e. The van der Waals surface area contributed by atoms with Gasteiger partial charge in [-0.25, -0.2) is 0 Å². The third-order valence-corrected chi connectivity index (χ3v) is 3.23. The normalized spacial score (nSPS) is 12.7. The molecule has 102 valence electrons. The Morgan fingerprint density at radius 2 is 2.06 bits per heavy atom. The van der Waals surface area contributed by atoms with Gasteiger partial charge in [0.2, 0.25) is 0 Å². The summed E-state index contributed by atoms with van der Waals surface area (Å²) in [6.45, 7) is 6.64. The van der Waals surface area contributed by atoms with Gasteiger partial charge in [-0.15, -0.1) is 0 Å². The van der Waals surface area contributed by atoms with Crippen molar-refractivity contribution >= 4 is 23.2 Å². The summed E-state index contributed by atoms with van der Waals surface area (Å²) < 4.78 is 5.60. The van der Waals surface area contributed by atoms with E-state index < -0.39 is 0 Å². The van der Waals surface area contributed by atoms with Crippen molar-refractivity contribution in [3.8, 4) is 0 Å². The molecule has 1 unspecified atom stereocenters. The van der Waals surface area contributed by atoms with Crippen LogP contribution >= 0.6 is 23.2 Å². The highest BCUT2D eigenvalue weighted by molar-refractivity contribution is 6.35. The number of hydrogen-bond donors (Lipinski definition) is 1. The number of nitrogens with one attached hydrogen (secondary N) is 1. The zero-order valence-electron chi connectivity index (χ0n) is 11.0. The Morgan fingerprint density at radius 3 is 2.67 bits per heavy atom. The average molecular weight is 290 g/mol. The molecular formula is C14H21Cl2NO. The lowest BCUT2D eigenvalue weighted by Gasteiger charge is -2.18. The lowest BCUT2D eigenvalue weighted by molar-refractivity contribution is 0.112. The molecule has 0 aliphatic heterocycles. The number of ether oxygens (including phenoxy) is 1. The summed E-state index contributed by atoms with van der Waals surface area (Å²) in [7, 11) is 0. The average Bonchev–Trinajstić information content (AvgIpc) is 2.33. The fraction of sp³-hybridized carbons (Fsp3) is 0.571. The first-order valence-electron chi connectivity index (χ1n) is 6.42. The molecule has 18 heavy (non-hydrogen) atoms. The molecule has 0 aromatic heterocycles. The van der Waals surface area contributed by atoms with Gasteiger partial charge < -0.3 is 10.1 Å². The molecule has 1 N–H and O–H groups in total. The lowest BCUT2D eigenvalue weighted by Crippen LogP contribution is -2.35. The Bertz CT molecular complexity index is 358. The van der Waals surface area contributed by atoms with Crippen LogP contribution in [0.4, 0.5) is 0 Å². The number of rotatable bonds is 8. The van der Waals surface area contributed by atoms with Crippen molar-refractivity contribution in [1.82, 2.24) is 5.32 Å². The molecular weight excluding hydrogens is 269 g/mol. The van der Waals surface area contributed by atoms with Crippen molar-refractivity contribution < 1.29 is 4.74 Å². The maximum atomic E-state index is 6.18. The largest absolute Gasteiger partial charge is 0.380 e. The topological polar surface area (TPSA) is 21.3 Å². The molecule has 0 saturated carbocycles. The van der Waals surface area contributed by atoms with Crippen LogP contribution in [-0.4, -0.2) is 25.8 Å². The Labute approximate surface area is 120 Å². The zero-order valence-corrected chi connectivity index (χ0v) is 12.5. The molecule has 2 nitrogen and oxygen atoms in total. The first-order chi connectivity index (χ1) is 8.67. The quantitative estimate of drug-likeness (QED) is 0.732. The van der Waals surface area contributed by atoms with Gasteiger partial charge in [-0.3, -0.25) is 0 Å². The van der Waals surface area contributed by atoms with E-state index in [4.69, 9.17) is 27.9 Å². The minimum absolute atomic E-state index is 0.292. The van der Waals surface area contributed by atoms with Gasteiger partial charge in [0.25, 0.3) is 0 Å². The highest BCUT2D eigenvalue weighted by atomic mass is 35.5. The number of benzene rings is 1. The van der Waals surface area contributed by atoms with E-state index in [9.17, 15) is 0 Å². The first-order valence-corrected chi connectivity index (χ1v) is 7.18. The van der Waals surface area contributed by atoms with E-state index in [-0.39, 0.29) is 0 Å². The van der Waals surface area contributed by atoms with Crippen LogP contribution in [0.15, 0.2) is 18.2 Å². The maximum absolute atomic E-state index is 6.18. The minimum atomic E-state index is 0.292. The Hall–Kier alpha value is -0.280. The fourth-order valence-corrected chi connectivity index (χ4v) is 2.29. The third kappa shape index (κ3) is 5.57. The van der Waals surface area contributed by atoms with Crippen molar-refractivity contribution in [2.45, 2.75) is 32.7 Å². The molecule has 0 heterocycles. The van der Waals surface area contributed by atoms with E-state index in [2.05, 4.69) is 19.2 Å². The lowest BCUT2D eigenvalue weighted by atomic mass is 10.1. The van der Waals surface area contributed by atoms with E-state index in [0.717, 1.165) is 36.6 Å².